The third kappa shape index (κ3) is 3.10. The topological polar surface area (TPSA) is 68.3 Å². The Kier molecular flexibility index (Phi) is 3.75. The highest BCUT2D eigenvalue weighted by Crippen LogP contribution is 2.24. The van der Waals surface area contributed by atoms with Gasteiger partial charge in [0.15, 0.2) is 0 Å². The lowest BCUT2D eigenvalue weighted by molar-refractivity contribution is -0.122. The van der Waals surface area contributed by atoms with Crippen molar-refractivity contribution in [3.63, 3.8) is 0 Å². The van der Waals surface area contributed by atoms with Crippen molar-refractivity contribution < 1.29 is 9.21 Å². The highest BCUT2D eigenvalue weighted by Gasteiger charge is 2.25. The highest BCUT2D eigenvalue weighted by atomic mass is 16.3. The molecule has 0 aliphatic carbocycles. The maximum absolute atomic E-state index is 11.4. The number of nitrogens with one attached hydrogen (secondary N) is 1. The molecule has 1 aromatic heterocycles. The lowest BCUT2D eigenvalue weighted by atomic mass is 9.90. The molecule has 0 saturated heterocycles. The Bertz CT molecular complexity index is 367. The molecule has 0 radical (unpaired) electrons. The number of furan rings is 1. The van der Waals surface area contributed by atoms with Crippen molar-refractivity contribution in [1.29, 1.82) is 0 Å². The van der Waals surface area contributed by atoms with Gasteiger partial charge in [0, 0.05) is 12.0 Å². The van der Waals surface area contributed by atoms with Crippen molar-refractivity contribution in [2.24, 2.45) is 5.73 Å². The highest BCUT2D eigenvalue weighted by molar-refractivity contribution is 5.81. The summed E-state index contributed by atoms with van der Waals surface area (Å²) in [6.07, 6.45) is 0. The van der Waals surface area contributed by atoms with Crippen LogP contribution < -0.4 is 11.1 Å². The van der Waals surface area contributed by atoms with Gasteiger partial charge in [0.25, 0.3) is 0 Å². The first kappa shape index (κ1) is 12.8. The average molecular weight is 224 g/mol. The molecule has 1 unspecified atom stereocenters. The van der Waals surface area contributed by atoms with Crippen molar-refractivity contribution >= 4 is 5.91 Å². The number of hydrogen-bond acceptors (Lipinski definition) is 3. The molecule has 1 aromatic rings. The van der Waals surface area contributed by atoms with Crippen LogP contribution in [-0.2, 0) is 10.2 Å². The van der Waals surface area contributed by atoms with Crippen LogP contribution in [0.2, 0.25) is 0 Å². The molecule has 3 N–H and O–H groups in total. The smallest absolute Gasteiger partial charge is 0.236 e. The summed E-state index contributed by atoms with van der Waals surface area (Å²) in [5.41, 5.74) is 5.25. The van der Waals surface area contributed by atoms with E-state index in [4.69, 9.17) is 10.2 Å². The molecule has 1 atom stereocenters. The quantitative estimate of drug-likeness (QED) is 0.810. The van der Waals surface area contributed by atoms with Crippen LogP contribution in [0.1, 0.15) is 32.3 Å². The molecule has 1 amide bonds. The van der Waals surface area contributed by atoms with E-state index in [1.54, 1.807) is 6.92 Å². The Labute approximate surface area is 96.2 Å². The fourth-order valence-corrected chi connectivity index (χ4v) is 1.35. The monoisotopic (exact) mass is 224 g/mol. The molecular formula is C12H20N2O2. The summed E-state index contributed by atoms with van der Waals surface area (Å²) in [4.78, 5) is 11.4. The average Bonchev–Trinajstić information content (AvgIpc) is 2.61. The summed E-state index contributed by atoms with van der Waals surface area (Å²) < 4.78 is 5.56. The Hall–Kier alpha value is -1.29. The molecular weight excluding hydrogens is 204 g/mol. The van der Waals surface area contributed by atoms with Crippen molar-refractivity contribution in [2.45, 2.75) is 39.2 Å². The summed E-state index contributed by atoms with van der Waals surface area (Å²) in [6, 6.07) is 3.38. The lowest BCUT2D eigenvalue weighted by Gasteiger charge is -2.23. The number of amides is 1. The minimum absolute atomic E-state index is 0.142. The van der Waals surface area contributed by atoms with E-state index in [9.17, 15) is 4.79 Å². The van der Waals surface area contributed by atoms with Gasteiger partial charge in [-0.2, -0.15) is 0 Å². The summed E-state index contributed by atoms with van der Waals surface area (Å²) in [6.45, 7) is 8.12. The van der Waals surface area contributed by atoms with Gasteiger partial charge in [-0.3, -0.25) is 4.79 Å². The van der Waals surface area contributed by atoms with Gasteiger partial charge in [0.2, 0.25) is 5.91 Å². The Morgan fingerprint density at radius 2 is 2.19 bits per heavy atom. The normalized spacial score (nSPS) is 13.6. The Morgan fingerprint density at radius 1 is 1.56 bits per heavy atom. The number of hydrogen-bond donors (Lipinski definition) is 2. The first-order valence-electron chi connectivity index (χ1n) is 5.43. The Morgan fingerprint density at radius 3 is 2.62 bits per heavy atom. The number of carbonyl (C=O) groups excluding carboxylic acids is 1. The van der Waals surface area contributed by atoms with E-state index >= 15 is 0 Å². The van der Waals surface area contributed by atoms with Crippen LogP contribution >= 0.6 is 0 Å². The van der Waals surface area contributed by atoms with E-state index in [1.807, 2.05) is 32.9 Å². The molecule has 16 heavy (non-hydrogen) atoms. The van der Waals surface area contributed by atoms with Gasteiger partial charge >= 0.3 is 0 Å². The van der Waals surface area contributed by atoms with Crippen LogP contribution in [0.15, 0.2) is 16.5 Å². The van der Waals surface area contributed by atoms with Gasteiger partial charge in [0.05, 0.1) is 6.04 Å². The molecule has 0 bridgehead atoms. The summed E-state index contributed by atoms with van der Waals surface area (Å²) in [7, 11) is 0. The standard InChI is InChI=1S/C12H20N2O2/c1-8-5-6-10(16-8)12(3,4)7-14-11(15)9(2)13/h5-6,9H,7,13H2,1-4H3,(H,14,15). The van der Waals surface area contributed by atoms with Gasteiger partial charge in [-0.1, -0.05) is 13.8 Å². The van der Waals surface area contributed by atoms with Crippen LogP contribution in [0, 0.1) is 6.92 Å². The molecule has 0 aliphatic heterocycles. The zero-order valence-electron chi connectivity index (χ0n) is 10.3. The van der Waals surface area contributed by atoms with Crippen LogP contribution in [0.5, 0.6) is 0 Å². The van der Waals surface area contributed by atoms with E-state index in [0.29, 0.717) is 6.54 Å². The Balaban J connectivity index is 2.62. The maximum atomic E-state index is 11.4. The van der Waals surface area contributed by atoms with E-state index in [1.165, 1.54) is 0 Å². The second-order valence-electron chi connectivity index (χ2n) is 4.80. The summed E-state index contributed by atoms with van der Waals surface area (Å²) in [5.74, 6) is 1.60. The number of rotatable bonds is 4. The third-order valence-corrected chi connectivity index (χ3v) is 2.53. The predicted molar refractivity (Wildman–Crippen MR) is 63.1 cm³/mol. The number of nitrogens with two attached hydrogens (primary N) is 1. The minimum atomic E-state index is -0.478. The molecule has 0 saturated carbocycles. The predicted octanol–water partition coefficient (Wildman–Crippen LogP) is 1.33. The molecule has 0 fully saturated rings. The van der Waals surface area contributed by atoms with Crippen molar-refractivity contribution in [2.75, 3.05) is 6.54 Å². The van der Waals surface area contributed by atoms with Gasteiger partial charge in [-0.25, -0.2) is 0 Å². The van der Waals surface area contributed by atoms with E-state index in [2.05, 4.69) is 5.32 Å². The number of aryl methyl sites for hydroxylation is 1. The fourth-order valence-electron chi connectivity index (χ4n) is 1.35. The van der Waals surface area contributed by atoms with Gasteiger partial charge < -0.3 is 15.5 Å². The molecule has 90 valence electrons. The number of carbonyl (C=O) groups is 1. The molecule has 0 aliphatic rings. The molecule has 1 heterocycles. The second kappa shape index (κ2) is 4.70. The van der Waals surface area contributed by atoms with Crippen LogP contribution in [0.4, 0.5) is 0 Å². The molecule has 4 nitrogen and oxygen atoms in total. The van der Waals surface area contributed by atoms with Gasteiger partial charge in [0.1, 0.15) is 11.5 Å². The van der Waals surface area contributed by atoms with Crippen molar-refractivity contribution in [3.05, 3.63) is 23.7 Å². The van der Waals surface area contributed by atoms with Gasteiger partial charge in [-0.15, -0.1) is 0 Å². The summed E-state index contributed by atoms with van der Waals surface area (Å²) >= 11 is 0. The molecule has 0 spiro atoms. The van der Waals surface area contributed by atoms with Gasteiger partial charge in [-0.05, 0) is 26.0 Å². The first-order chi connectivity index (χ1) is 7.33. The fraction of sp³-hybridized carbons (Fsp3) is 0.583. The van der Waals surface area contributed by atoms with Crippen LogP contribution in [0.25, 0.3) is 0 Å². The van der Waals surface area contributed by atoms with E-state index < -0.39 is 6.04 Å². The van der Waals surface area contributed by atoms with Crippen molar-refractivity contribution in [3.8, 4) is 0 Å². The summed E-state index contributed by atoms with van der Waals surface area (Å²) in [5, 5.41) is 2.81. The van der Waals surface area contributed by atoms with Crippen LogP contribution in [0.3, 0.4) is 0 Å². The van der Waals surface area contributed by atoms with Crippen molar-refractivity contribution in [1.82, 2.24) is 5.32 Å². The SMILES string of the molecule is Cc1ccc(C(C)(C)CNC(=O)C(C)N)o1. The third-order valence-electron chi connectivity index (χ3n) is 2.53. The second-order valence-corrected chi connectivity index (χ2v) is 4.80. The molecule has 1 rings (SSSR count). The zero-order chi connectivity index (χ0) is 12.3. The first-order valence-corrected chi connectivity index (χ1v) is 5.43. The lowest BCUT2D eigenvalue weighted by Crippen LogP contribution is -2.43. The molecule has 4 heteroatoms. The van der Waals surface area contributed by atoms with E-state index in [-0.39, 0.29) is 11.3 Å². The van der Waals surface area contributed by atoms with Crippen LogP contribution in [-0.4, -0.2) is 18.5 Å². The maximum Gasteiger partial charge on any atom is 0.236 e. The largest absolute Gasteiger partial charge is 0.466 e. The van der Waals surface area contributed by atoms with E-state index in [0.717, 1.165) is 11.5 Å². The zero-order valence-corrected chi connectivity index (χ0v) is 10.3. The molecule has 0 aromatic carbocycles. The minimum Gasteiger partial charge on any atom is -0.466 e.